The molecule has 52 heavy (non-hydrogen) atoms. The quantitative estimate of drug-likeness (QED) is 0.0276. The Morgan fingerprint density at radius 1 is 0.788 bits per heavy atom. The van der Waals surface area contributed by atoms with E-state index in [0.717, 1.165) is 43.9 Å². The molecule has 0 bridgehead atoms. The number of anilines is 4. The number of hydrogen-bond donors (Lipinski definition) is 3. The third kappa shape index (κ3) is 12.6. The molecule has 9 nitrogen and oxygen atoms in total. The Morgan fingerprint density at radius 2 is 1.38 bits per heavy atom. The molecule has 4 N–H and O–H groups in total. The lowest BCUT2D eigenvalue weighted by Crippen LogP contribution is -2.28. The first-order chi connectivity index (χ1) is 25.2. The van der Waals surface area contributed by atoms with Crippen molar-refractivity contribution in [3.05, 3.63) is 86.9 Å². The second-order valence-electron chi connectivity index (χ2n) is 14.3. The Morgan fingerprint density at radius 3 is 1.98 bits per heavy atom. The van der Waals surface area contributed by atoms with Crippen LogP contribution in [-0.2, 0) is 4.79 Å². The number of nitro groups is 1. The highest BCUT2D eigenvalue weighted by molar-refractivity contribution is 6.38. The van der Waals surface area contributed by atoms with Gasteiger partial charge in [0.05, 0.1) is 21.9 Å². The zero-order valence-electron chi connectivity index (χ0n) is 31.5. The summed E-state index contributed by atoms with van der Waals surface area (Å²) in [6.45, 7) is 5.27. The number of nitrogens with one attached hydrogen (secondary N) is 2. The number of carbonyl (C=O) groups is 1. The van der Waals surface area contributed by atoms with Gasteiger partial charge in [-0.3, -0.25) is 14.9 Å². The summed E-state index contributed by atoms with van der Waals surface area (Å²) in [5.74, 6) is -0.323. The van der Waals surface area contributed by atoms with Crippen molar-refractivity contribution in [2.75, 3.05) is 55.0 Å². The number of fused-ring (bicyclic) bond motifs is 1. The molecular formula is C42H59ClN6O3. The summed E-state index contributed by atoms with van der Waals surface area (Å²) in [5, 5.41) is 18.6. The molecule has 1 aliphatic rings. The van der Waals surface area contributed by atoms with Crippen molar-refractivity contribution in [3.63, 3.8) is 0 Å². The molecule has 1 aliphatic heterocycles. The molecule has 0 atom stereocenters. The van der Waals surface area contributed by atoms with Gasteiger partial charge < -0.3 is 26.2 Å². The molecule has 0 aliphatic carbocycles. The zero-order valence-corrected chi connectivity index (χ0v) is 32.3. The molecule has 0 fully saturated rings. The van der Waals surface area contributed by atoms with Crippen LogP contribution >= 0.6 is 11.6 Å². The number of halogens is 1. The van der Waals surface area contributed by atoms with Crippen LogP contribution < -0.4 is 21.3 Å². The molecule has 0 radical (unpaired) electrons. The largest absolute Gasteiger partial charge is 0.393 e. The Balaban J connectivity index is 1.40. The van der Waals surface area contributed by atoms with Crippen LogP contribution in [0.4, 0.5) is 28.4 Å². The van der Waals surface area contributed by atoms with E-state index in [9.17, 15) is 14.9 Å². The van der Waals surface area contributed by atoms with E-state index in [4.69, 9.17) is 17.3 Å². The minimum absolute atomic E-state index is 0.0543. The van der Waals surface area contributed by atoms with Gasteiger partial charge in [-0.05, 0) is 75.9 Å². The van der Waals surface area contributed by atoms with E-state index in [1.807, 2.05) is 12.1 Å². The second kappa shape index (κ2) is 21.4. The molecule has 0 unspecified atom stereocenters. The third-order valence-electron chi connectivity index (χ3n) is 9.81. The van der Waals surface area contributed by atoms with Crippen LogP contribution in [0.15, 0.2) is 60.7 Å². The Kier molecular flexibility index (Phi) is 16.8. The van der Waals surface area contributed by atoms with Crippen LogP contribution in [0.5, 0.6) is 0 Å². The van der Waals surface area contributed by atoms with E-state index >= 15 is 0 Å². The van der Waals surface area contributed by atoms with Gasteiger partial charge in [-0.15, -0.1) is 0 Å². The predicted molar refractivity (Wildman–Crippen MR) is 220 cm³/mol. The minimum Gasteiger partial charge on any atom is -0.393 e. The van der Waals surface area contributed by atoms with Crippen LogP contribution in [0.25, 0.3) is 11.3 Å². The number of hydrogen-bond acceptors (Lipinski definition) is 7. The summed E-state index contributed by atoms with van der Waals surface area (Å²) in [5.41, 5.74) is 10.2. The zero-order chi connectivity index (χ0) is 37.3. The van der Waals surface area contributed by atoms with Crippen LogP contribution in [0.2, 0.25) is 5.02 Å². The van der Waals surface area contributed by atoms with Crippen LogP contribution in [0, 0.1) is 10.1 Å². The van der Waals surface area contributed by atoms with Gasteiger partial charge in [-0.1, -0.05) is 114 Å². The summed E-state index contributed by atoms with van der Waals surface area (Å²) in [7, 11) is 4.22. The number of carbonyl (C=O) groups excluding carboxylic acids is 1. The number of nitro benzene ring substituents is 1. The average Bonchev–Trinajstić information content (AvgIpc) is 3.44. The number of amides is 1. The number of benzene rings is 3. The highest BCUT2D eigenvalue weighted by Gasteiger charge is 2.29. The molecule has 0 saturated carbocycles. The van der Waals surface area contributed by atoms with Crippen LogP contribution in [0.3, 0.4) is 0 Å². The lowest BCUT2D eigenvalue weighted by atomic mass is 9.99. The summed E-state index contributed by atoms with van der Waals surface area (Å²) in [6, 6.07) is 18.0. The molecule has 0 spiro atoms. The molecule has 0 aromatic heterocycles. The molecule has 10 heteroatoms. The fourth-order valence-electron chi connectivity index (χ4n) is 6.87. The maximum absolute atomic E-state index is 13.4. The number of nitrogens with two attached hydrogens (primary N) is 1. The lowest BCUT2D eigenvalue weighted by Gasteiger charge is -2.26. The summed E-state index contributed by atoms with van der Waals surface area (Å²) in [4.78, 5) is 29.4. The van der Waals surface area contributed by atoms with E-state index in [0.29, 0.717) is 33.1 Å². The summed E-state index contributed by atoms with van der Waals surface area (Å²) in [6.07, 6.45) is 19.9. The number of unbranched alkanes of at least 4 members (excludes halogenated alkanes) is 13. The third-order valence-corrected chi connectivity index (χ3v) is 10.0. The SMILES string of the molecule is CCCCCCCCCCCCCCCCN(CCCN(C)C)c1ccc(N/C(=C2/C(=O)Nc3cc(Cl)ccc32)c2ccc(N)c([N+](=O)[O-])c2)cc1. The number of rotatable bonds is 24. The molecule has 1 heterocycles. The van der Waals surface area contributed by atoms with Crippen molar-refractivity contribution in [1.29, 1.82) is 0 Å². The molecular weight excluding hydrogens is 672 g/mol. The highest BCUT2D eigenvalue weighted by atomic mass is 35.5. The second-order valence-corrected chi connectivity index (χ2v) is 14.8. The van der Waals surface area contributed by atoms with Crippen molar-refractivity contribution in [2.24, 2.45) is 0 Å². The first-order valence-corrected chi connectivity index (χ1v) is 19.7. The number of nitrogen functional groups attached to an aromatic ring is 1. The van der Waals surface area contributed by atoms with E-state index in [-0.39, 0.29) is 17.3 Å². The smallest absolute Gasteiger partial charge is 0.292 e. The molecule has 1 amide bonds. The van der Waals surface area contributed by atoms with Crippen molar-refractivity contribution in [3.8, 4) is 0 Å². The van der Waals surface area contributed by atoms with Gasteiger partial charge in [-0.2, -0.15) is 0 Å². The van der Waals surface area contributed by atoms with E-state index < -0.39 is 4.92 Å². The predicted octanol–water partition coefficient (Wildman–Crippen LogP) is 11.0. The summed E-state index contributed by atoms with van der Waals surface area (Å²) >= 11 is 6.22. The molecule has 282 valence electrons. The fraction of sp³-hybridized carbons (Fsp3) is 0.500. The van der Waals surface area contributed by atoms with Gasteiger partial charge in [0, 0.05) is 46.7 Å². The monoisotopic (exact) mass is 730 g/mol. The van der Waals surface area contributed by atoms with Gasteiger partial charge in [0.1, 0.15) is 5.69 Å². The molecule has 3 aromatic carbocycles. The van der Waals surface area contributed by atoms with E-state index in [1.54, 1.807) is 24.3 Å². The summed E-state index contributed by atoms with van der Waals surface area (Å²) < 4.78 is 0. The van der Waals surface area contributed by atoms with Crippen molar-refractivity contribution in [1.82, 2.24) is 4.90 Å². The first-order valence-electron chi connectivity index (χ1n) is 19.3. The van der Waals surface area contributed by atoms with Crippen molar-refractivity contribution in [2.45, 2.75) is 103 Å². The van der Waals surface area contributed by atoms with Crippen LogP contribution in [0.1, 0.15) is 114 Å². The van der Waals surface area contributed by atoms with Gasteiger partial charge in [0.15, 0.2) is 0 Å². The van der Waals surface area contributed by atoms with Gasteiger partial charge in [0.2, 0.25) is 0 Å². The number of nitrogens with zero attached hydrogens (tertiary/aromatic N) is 3. The topological polar surface area (TPSA) is 117 Å². The van der Waals surface area contributed by atoms with E-state index in [2.05, 4.69) is 53.6 Å². The standard InChI is InChI=1S/C42H59ClN6O3/c1-4-5-6-7-8-9-10-11-12-13-14-15-16-17-28-48(29-18-27-47(2)3)35-23-21-34(22-24-35)45-41(32-19-26-37(44)39(30-32)49(51)52)40-36-25-20-33(43)31-38(36)46-42(40)50/h19-26,30-31,45H,4-18,27-29,44H2,1-3H3,(H,46,50)/b41-40+. The Bertz CT molecular complexity index is 1620. The maximum Gasteiger partial charge on any atom is 0.292 e. The highest BCUT2D eigenvalue weighted by Crippen LogP contribution is 2.40. The van der Waals surface area contributed by atoms with Gasteiger partial charge >= 0.3 is 0 Å². The van der Waals surface area contributed by atoms with Gasteiger partial charge in [0.25, 0.3) is 11.6 Å². The normalized spacial score (nSPS) is 13.3. The Hall–Kier alpha value is -4.08. The Labute approximate surface area is 316 Å². The minimum atomic E-state index is -0.513. The molecule has 3 aromatic rings. The fourth-order valence-corrected chi connectivity index (χ4v) is 7.05. The van der Waals surface area contributed by atoms with Crippen molar-refractivity contribution < 1.29 is 9.72 Å². The van der Waals surface area contributed by atoms with E-state index in [1.165, 1.54) is 95.6 Å². The van der Waals surface area contributed by atoms with Crippen LogP contribution in [-0.4, -0.2) is 49.5 Å². The first kappa shape index (κ1) is 40.7. The molecule has 0 saturated heterocycles. The van der Waals surface area contributed by atoms with Crippen molar-refractivity contribution >= 4 is 57.2 Å². The molecule has 4 rings (SSSR count). The average molecular weight is 731 g/mol. The van der Waals surface area contributed by atoms with Gasteiger partial charge in [-0.25, -0.2) is 0 Å². The maximum atomic E-state index is 13.4. The lowest BCUT2D eigenvalue weighted by molar-refractivity contribution is -0.383.